The van der Waals surface area contributed by atoms with E-state index in [1.54, 1.807) is 18.2 Å². The van der Waals surface area contributed by atoms with Crippen LogP contribution in [0.2, 0.25) is 0 Å². The predicted octanol–water partition coefficient (Wildman–Crippen LogP) is 2.85. The number of carbonyl (C=O) groups is 1. The maximum atomic E-state index is 13.5. The minimum atomic E-state index is -0.476. The third-order valence-corrected chi connectivity index (χ3v) is 3.28. The van der Waals surface area contributed by atoms with Crippen molar-refractivity contribution < 1.29 is 13.6 Å². The SMILES string of the molecule is O=C(NCCc1ccccc1F)c1nnc(-c2ccccc2)o1. The largest absolute Gasteiger partial charge is 0.412 e. The summed E-state index contributed by atoms with van der Waals surface area (Å²) in [7, 11) is 0. The van der Waals surface area contributed by atoms with Crippen LogP contribution in [0.25, 0.3) is 11.5 Å². The molecular formula is C17H14FN3O2. The fourth-order valence-electron chi connectivity index (χ4n) is 2.10. The Hall–Kier alpha value is -3.02. The molecule has 0 spiro atoms. The lowest BCUT2D eigenvalue weighted by Crippen LogP contribution is -2.26. The van der Waals surface area contributed by atoms with Crippen LogP contribution in [0.15, 0.2) is 59.0 Å². The number of benzene rings is 2. The van der Waals surface area contributed by atoms with E-state index in [0.717, 1.165) is 5.56 Å². The summed E-state index contributed by atoms with van der Waals surface area (Å²) < 4.78 is 18.8. The first-order chi connectivity index (χ1) is 11.2. The Bertz CT molecular complexity index is 802. The number of hydrogen-bond acceptors (Lipinski definition) is 4. The molecule has 0 radical (unpaired) electrons. The second-order valence-corrected chi connectivity index (χ2v) is 4.88. The highest BCUT2D eigenvalue weighted by Crippen LogP contribution is 2.16. The lowest BCUT2D eigenvalue weighted by atomic mass is 10.1. The van der Waals surface area contributed by atoms with E-state index < -0.39 is 5.91 Å². The van der Waals surface area contributed by atoms with Crippen LogP contribution in [0.4, 0.5) is 4.39 Å². The molecule has 1 aromatic heterocycles. The molecule has 3 aromatic rings. The molecule has 0 unspecified atom stereocenters. The van der Waals surface area contributed by atoms with Gasteiger partial charge in [0.2, 0.25) is 5.89 Å². The quantitative estimate of drug-likeness (QED) is 0.786. The average molecular weight is 311 g/mol. The molecule has 0 aliphatic heterocycles. The van der Waals surface area contributed by atoms with Gasteiger partial charge in [-0.3, -0.25) is 4.79 Å². The average Bonchev–Trinajstić information content (AvgIpc) is 3.07. The third kappa shape index (κ3) is 3.60. The van der Waals surface area contributed by atoms with E-state index in [4.69, 9.17) is 4.42 Å². The van der Waals surface area contributed by atoms with E-state index in [1.165, 1.54) is 6.07 Å². The van der Waals surface area contributed by atoms with Crippen LogP contribution in [0, 0.1) is 5.82 Å². The highest BCUT2D eigenvalue weighted by molar-refractivity contribution is 5.89. The molecule has 0 atom stereocenters. The summed E-state index contributed by atoms with van der Waals surface area (Å²) in [6.07, 6.45) is 0.387. The maximum Gasteiger partial charge on any atom is 0.308 e. The molecule has 1 amide bonds. The van der Waals surface area contributed by atoms with Gasteiger partial charge in [-0.1, -0.05) is 36.4 Å². The minimum absolute atomic E-state index is 0.114. The number of hydrogen-bond donors (Lipinski definition) is 1. The molecule has 0 aliphatic rings. The Morgan fingerprint density at radius 3 is 2.57 bits per heavy atom. The Kier molecular flexibility index (Phi) is 4.42. The van der Waals surface area contributed by atoms with Crippen molar-refractivity contribution in [3.63, 3.8) is 0 Å². The van der Waals surface area contributed by atoms with Crippen molar-refractivity contribution >= 4 is 5.91 Å². The van der Waals surface area contributed by atoms with Crippen LogP contribution >= 0.6 is 0 Å². The molecule has 116 valence electrons. The number of nitrogens with one attached hydrogen (secondary N) is 1. The van der Waals surface area contributed by atoms with Crippen LogP contribution in [-0.4, -0.2) is 22.6 Å². The van der Waals surface area contributed by atoms with Gasteiger partial charge in [0.15, 0.2) is 0 Å². The zero-order valence-electron chi connectivity index (χ0n) is 12.2. The number of aromatic nitrogens is 2. The van der Waals surface area contributed by atoms with Gasteiger partial charge in [0.05, 0.1) is 0 Å². The van der Waals surface area contributed by atoms with E-state index in [0.29, 0.717) is 12.0 Å². The van der Waals surface area contributed by atoms with E-state index in [1.807, 2.05) is 30.3 Å². The topological polar surface area (TPSA) is 68.0 Å². The molecule has 23 heavy (non-hydrogen) atoms. The summed E-state index contributed by atoms with van der Waals surface area (Å²) in [5, 5.41) is 10.2. The lowest BCUT2D eigenvalue weighted by Gasteiger charge is -2.03. The van der Waals surface area contributed by atoms with E-state index in [2.05, 4.69) is 15.5 Å². The van der Waals surface area contributed by atoms with Crippen molar-refractivity contribution in [3.05, 3.63) is 71.9 Å². The number of carbonyl (C=O) groups excluding carboxylic acids is 1. The van der Waals surface area contributed by atoms with Gasteiger partial charge in [-0.2, -0.15) is 0 Å². The number of rotatable bonds is 5. The van der Waals surface area contributed by atoms with Crippen molar-refractivity contribution in [2.75, 3.05) is 6.54 Å². The van der Waals surface area contributed by atoms with Gasteiger partial charge >= 0.3 is 11.8 Å². The van der Waals surface area contributed by atoms with Crippen LogP contribution in [0.5, 0.6) is 0 Å². The number of nitrogens with zero attached hydrogens (tertiary/aromatic N) is 2. The molecular weight excluding hydrogens is 297 g/mol. The van der Waals surface area contributed by atoms with Gasteiger partial charge in [0.1, 0.15) is 5.82 Å². The minimum Gasteiger partial charge on any atom is -0.412 e. The van der Waals surface area contributed by atoms with Crippen molar-refractivity contribution in [2.45, 2.75) is 6.42 Å². The first-order valence-corrected chi connectivity index (χ1v) is 7.14. The molecule has 5 nitrogen and oxygen atoms in total. The number of amides is 1. The molecule has 1 heterocycles. The zero-order valence-corrected chi connectivity index (χ0v) is 12.2. The van der Waals surface area contributed by atoms with Crippen LogP contribution in [-0.2, 0) is 6.42 Å². The summed E-state index contributed by atoms with van der Waals surface area (Å²) in [5.74, 6) is -0.593. The van der Waals surface area contributed by atoms with Gasteiger partial charge in [-0.15, -0.1) is 10.2 Å². The van der Waals surface area contributed by atoms with Crippen molar-refractivity contribution in [1.82, 2.24) is 15.5 Å². The molecule has 0 saturated heterocycles. The third-order valence-electron chi connectivity index (χ3n) is 3.28. The zero-order chi connectivity index (χ0) is 16.1. The number of halogens is 1. The molecule has 1 N–H and O–H groups in total. The molecule has 0 bridgehead atoms. The van der Waals surface area contributed by atoms with Crippen LogP contribution < -0.4 is 5.32 Å². The highest BCUT2D eigenvalue weighted by Gasteiger charge is 2.15. The first kappa shape index (κ1) is 14.9. The van der Waals surface area contributed by atoms with E-state index in [-0.39, 0.29) is 24.1 Å². The summed E-state index contributed by atoms with van der Waals surface area (Å²) >= 11 is 0. The predicted molar refractivity (Wildman–Crippen MR) is 82.2 cm³/mol. The monoisotopic (exact) mass is 311 g/mol. The van der Waals surface area contributed by atoms with E-state index >= 15 is 0 Å². The molecule has 0 fully saturated rings. The van der Waals surface area contributed by atoms with Gasteiger partial charge in [-0.05, 0) is 30.2 Å². The summed E-state index contributed by atoms with van der Waals surface area (Å²) in [5.41, 5.74) is 1.29. The fraction of sp³-hybridized carbons (Fsp3) is 0.118. The Balaban J connectivity index is 1.59. The Morgan fingerprint density at radius 1 is 1.04 bits per heavy atom. The molecule has 3 rings (SSSR count). The first-order valence-electron chi connectivity index (χ1n) is 7.14. The second kappa shape index (κ2) is 6.83. The van der Waals surface area contributed by atoms with Gasteiger partial charge < -0.3 is 9.73 Å². The molecule has 2 aromatic carbocycles. The summed E-state index contributed by atoms with van der Waals surface area (Å²) in [6.45, 7) is 0.281. The summed E-state index contributed by atoms with van der Waals surface area (Å²) in [4.78, 5) is 12.0. The standard InChI is InChI=1S/C17H14FN3O2/c18-14-9-5-4-6-12(14)10-11-19-15(22)17-21-20-16(23-17)13-7-2-1-3-8-13/h1-9H,10-11H2,(H,19,22). The van der Waals surface area contributed by atoms with Crippen molar-refractivity contribution in [2.24, 2.45) is 0 Å². The lowest BCUT2D eigenvalue weighted by molar-refractivity contribution is 0.0920. The smallest absolute Gasteiger partial charge is 0.308 e. The van der Waals surface area contributed by atoms with Gasteiger partial charge in [0, 0.05) is 12.1 Å². The normalized spacial score (nSPS) is 10.5. The van der Waals surface area contributed by atoms with Crippen molar-refractivity contribution in [3.8, 4) is 11.5 Å². The van der Waals surface area contributed by atoms with E-state index in [9.17, 15) is 9.18 Å². The summed E-state index contributed by atoms with van der Waals surface area (Å²) in [6, 6.07) is 15.6. The molecule has 6 heteroatoms. The second-order valence-electron chi connectivity index (χ2n) is 4.88. The Labute approximate surface area is 132 Å². The Morgan fingerprint density at radius 2 is 1.78 bits per heavy atom. The molecule has 0 aliphatic carbocycles. The molecule has 0 saturated carbocycles. The highest BCUT2D eigenvalue weighted by atomic mass is 19.1. The van der Waals surface area contributed by atoms with Crippen LogP contribution in [0.1, 0.15) is 16.2 Å². The van der Waals surface area contributed by atoms with Crippen molar-refractivity contribution in [1.29, 1.82) is 0 Å². The maximum absolute atomic E-state index is 13.5. The fourth-order valence-corrected chi connectivity index (χ4v) is 2.10. The van der Waals surface area contributed by atoms with Gasteiger partial charge in [0.25, 0.3) is 0 Å². The van der Waals surface area contributed by atoms with Gasteiger partial charge in [-0.25, -0.2) is 4.39 Å². The van der Waals surface area contributed by atoms with Crippen LogP contribution in [0.3, 0.4) is 0 Å².